The maximum Gasteiger partial charge on any atom is 0.0553 e. The standard InChI is InChI=1S/C10H14BrN3/c11-9-7-14(5-3-10(9)12)8-2-1-4-13-6-8/h1-2,4,6,9-10H,3,5,7,12H2. The number of nitrogens with two attached hydrogens (primary N) is 1. The molecule has 0 saturated carbocycles. The Morgan fingerprint density at radius 1 is 1.57 bits per heavy atom. The Labute approximate surface area is 92.4 Å². The number of piperidine rings is 1. The molecule has 0 aliphatic carbocycles. The van der Waals surface area contributed by atoms with E-state index < -0.39 is 0 Å². The van der Waals surface area contributed by atoms with E-state index in [1.807, 2.05) is 12.3 Å². The first-order chi connectivity index (χ1) is 6.77. The van der Waals surface area contributed by atoms with Crippen LogP contribution in [0.2, 0.25) is 0 Å². The van der Waals surface area contributed by atoms with Crippen molar-refractivity contribution < 1.29 is 0 Å². The Morgan fingerprint density at radius 3 is 3.07 bits per heavy atom. The molecule has 0 spiro atoms. The summed E-state index contributed by atoms with van der Waals surface area (Å²) in [6.07, 6.45) is 4.73. The third-order valence-corrected chi connectivity index (χ3v) is 3.57. The van der Waals surface area contributed by atoms with Gasteiger partial charge in [0.15, 0.2) is 0 Å². The third-order valence-electron chi connectivity index (χ3n) is 2.60. The number of aromatic nitrogens is 1. The van der Waals surface area contributed by atoms with Crippen molar-refractivity contribution in [3.8, 4) is 0 Å². The number of alkyl halides is 1. The summed E-state index contributed by atoms with van der Waals surface area (Å²) in [5.74, 6) is 0. The van der Waals surface area contributed by atoms with E-state index in [9.17, 15) is 0 Å². The van der Waals surface area contributed by atoms with Crippen molar-refractivity contribution in [2.45, 2.75) is 17.3 Å². The van der Waals surface area contributed by atoms with Crippen LogP contribution >= 0.6 is 15.9 Å². The predicted molar refractivity (Wildman–Crippen MR) is 61.8 cm³/mol. The normalized spacial score (nSPS) is 27.7. The highest BCUT2D eigenvalue weighted by Gasteiger charge is 2.24. The molecule has 0 amide bonds. The highest BCUT2D eigenvalue weighted by molar-refractivity contribution is 9.09. The molecule has 2 unspecified atom stereocenters. The van der Waals surface area contributed by atoms with Gasteiger partial charge in [-0.15, -0.1) is 0 Å². The van der Waals surface area contributed by atoms with Crippen LogP contribution in [0.3, 0.4) is 0 Å². The van der Waals surface area contributed by atoms with E-state index in [1.54, 1.807) is 6.20 Å². The van der Waals surface area contributed by atoms with Gasteiger partial charge < -0.3 is 10.6 Å². The van der Waals surface area contributed by atoms with Gasteiger partial charge in [0.05, 0.1) is 11.9 Å². The van der Waals surface area contributed by atoms with Gasteiger partial charge in [-0.3, -0.25) is 4.98 Å². The van der Waals surface area contributed by atoms with Crippen LogP contribution in [0.15, 0.2) is 24.5 Å². The summed E-state index contributed by atoms with van der Waals surface area (Å²) < 4.78 is 0. The van der Waals surface area contributed by atoms with Crippen LogP contribution in [0.4, 0.5) is 5.69 Å². The van der Waals surface area contributed by atoms with E-state index in [0.717, 1.165) is 19.5 Å². The van der Waals surface area contributed by atoms with Gasteiger partial charge in [0.2, 0.25) is 0 Å². The molecule has 3 nitrogen and oxygen atoms in total. The van der Waals surface area contributed by atoms with Crippen molar-refractivity contribution in [3.05, 3.63) is 24.5 Å². The molecule has 0 radical (unpaired) electrons. The topological polar surface area (TPSA) is 42.1 Å². The maximum absolute atomic E-state index is 5.93. The largest absolute Gasteiger partial charge is 0.369 e. The molecule has 4 heteroatoms. The molecule has 1 aromatic rings. The van der Waals surface area contributed by atoms with Crippen molar-refractivity contribution >= 4 is 21.6 Å². The number of hydrogen-bond acceptors (Lipinski definition) is 3. The highest BCUT2D eigenvalue weighted by Crippen LogP contribution is 2.21. The lowest BCUT2D eigenvalue weighted by Gasteiger charge is -2.35. The van der Waals surface area contributed by atoms with Crippen LogP contribution in [0.5, 0.6) is 0 Å². The fourth-order valence-electron chi connectivity index (χ4n) is 1.70. The summed E-state index contributed by atoms with van der Waals surface area (Å²) in [6.45, 7) is 1.99. The fraction of sp³-hybridized carbons (Fsp3) is 0.500. The first kappa shape index (κ1) is 9.93. The van der Waals surface area contributed by atoms with Crippen LogP contribution in [0.25, 0.3) is 0 Å². The summed E-state index contributed by atoms with van der Waals surface area (Å²) in [6, 6.07) is 4.33. The molecular formula is C10H14BrN3. The molecule has 1 aliphatic rings. The van der Waals surface area contributed by atoms with Gasteiger partial charge in [-0.25, -0.2) is 0 Å². The monoisotopic (exact) mass is 255 g/mol. The number of pyridine rings is 1. The first-order valence-corrected chi connectivity index (χ1v) is 5.73. The third kappa shape index (κ3) is 2.07. The quantitative estimate of drug-likeness (QED) is 0.772. The number of nitrogens with zero attached hydrogens (tertiary/aromatic N) is 2. The van der Waals surface area contributed by atoms with Gasteiger partial charge in [-0.05, 0) is 18.6 Å². The van der Waals surface area contributed by atoms with Crippen LogP contribution in [0, 0.1) is 0 Å². The van der Waals surface area contributed by atoms with Crippen molar-refractivity contribution in [2.75, 3.05) is 18.0 Å². The Morgan fingerprint density at radius 2 is 2.43 bits per heavy atom. The molecule has 2 heterocycles. The molecule has 76 valence electrons. The van der Waals surface area contributed by atoms with E-state index in [0.29, 0.717) is 4.83 Å². The Balaban J connectivity index is 2.07. The lowest BCUT2D eigenvalue weighted by molar-refractivity contribution is 0.518. The molecule has 2 rings (SSSR count). The minimum atomic E-state index is 0.280. The van der Waals surface area contributed by atoms with Crippen molar-refractivity contribution in [3.63, 3.8) is 0 Å². The van der Waals surface area contributed by atoms with Crippen LogP contribution in [-0.2, 0) is 0 Å². The summed E-state index contributed by atoms with van der Waals surface area (Å²) in [5, 5.41) is 0. The smallest absolute Gasteiger partial charge is 0.0553 e. The zero-order chi connectivity index (χ0) is 9.97. The molecule has 14 heavy (non-hydrogen) atoms. The molecule has 1 fully saturated rings. The Hall–Kier alpha value is -0.610. The van der Waals surface area contributed by atoms with Crippen LogP contribution in [-0.4, -0.2) is 28.9 Å². The predicted octanol–water partition coefficient (Wildman–Crippen LogP) is 1.38. The second-order valence-corrected chi connectivity index (χ2v) is 4.80. The number of hydrogen-bond donors (Lipinski definition) is 1. The zero-order valence-corrected chi connectivity index (χ0v) is 9.52. The van der Waals surface area contributed by atoms with Crippen LogP contribution < -0.4 is 10.6 Å². The molecule has 1 aliphatic heterocycles. The molecule has 1 saturated heterocycles. The lowest BCUT2D eigenvalue weighted by atomic mass is 10.1. The number of rotatable bonds is 1. The Bertz CT molecular complexity index is 291. The molecule has 2 atom stereocenters. The van der Waals surface area contributed by atoms with E-state index >= 15 is 0 Å². The number of halogens is 1. The molecule has 0 bridgehead atoms. The molecule has 0 aromatic carbocycles. The summed E-state index contributed by atoms with van der Waals surface area (Å²) in [4.78, 5) is 6.82. The fourth-order valence-corrected chi connectivity index (χ4v) is 2.31. The van der Waals surface area contributed by atoms with E-state index in [-0.39, 0.29) is 6.04 Å². The van der Waals surface area contributed by atoms with Crippen LogP contribution in [0.1, 0.15) is 6.42 Å². The van der Waals surface area contributed by atoms with Crippen molar-refractivity contribution in [2.24, 2.45) is 5.73 Å². The van der Waals surface area contributed by atoms with E-state index in [2.05, 4.69) is 31.9 Å². The first-order valence-electron chi connectivity index (χ1n) is 4.82. The van der Waals surface area contributed by atoms with Gasteiger partial charge in [-0.1, -0.05) is 15.9 Å². The minimum absolute atomic E-state index is 0.280. The van der Waals surface area contributed by atoms with Gasteiger partial charge >= 0.3 is 0 Å². The lowest BCUT2D eigenvalue weighted by Crippen LogP contribution is -2.47. The SMILES string of the molecule is NC1CCN(c2cccnc2)CC1Br. The Kier molecular flexibility index (Phi) is 3.03. The maximum atomic E-state index is 5.93. The summed E-state index contributed by atoms with van der Waals surface area (Å²) in [7, 11) is 0. The van der Waals surface area contributed by atoms with E-state index in [4.69, 9.17) is 5.73 Å². The molecule has 2 N–H and O–H groups in total. The van der Waals surface area contributed by atoms with Gasteiger partial charge in [0, 0.05) is 30.2 Å². The van der Waals surface area contributed by atoms with Gasteiger partial charge in [0.1, 0.15) is 0 Å². The minimum Gasteiger partial charge on any atom is -0.369 e. The zero-order valence-electron chi connectivity index (χ0n) is 7.94. The average molecular weight is 256 g/mol. The number of anilines is 1. The molecule has 1 aromatic heterocycles. The molecular weight excluding hydrogens is 242 g/mol. The second-order valence-electron chi connectivity index (χ2n) is 3.63. The average Bonchev–Trinajstić information content (AvgIpc) is 2.23. The summed E-state index contributed by atoms with van der Waals surface area (Å²) >= 11 is 3.60. The summed E-state index contributed by atoms with van der Waals surface area (Å²) in [5.41, 5.74) is 7.11. The second kappa shape index (κ2) is 4.28. The highest BCUT2D eigenvalue weighted by atomic mass is 79.9. The van der Waals surface area contributed by atoms with Crippen molar-refractivity contribution in [1.29, 1.82) is 0 Å². The van der Waals surface area contributed by atoms with Gasteiger partial charge in [0.25, 0.3) is 0 Å². The van der Waals surface area contributed by atoms with Crippen molar-refractivity contribution in [1.82, 2.24) is 4.98 Å². The van der Waals surface area contributed by atoms with E-state index in [1.165, 1.54) is 5.69 Å². The van der Waals surface area contributed by atoms with Gasteiger partial charge in [-0.2, -0.15) is 0 Å².